The van der Waals surface area contributed by atoms with Crippen LogP contribution in [0.25, 0.3) is 0 Å². The molecule has 0 unspecified atom stereocenters. The summed E-state index contributed by atoms with van der Waals surface area (Å²) in [5.41, 5.74) is 0. The molecule has 0 bridgehead atoms. The Balaban J connectivity index is 1.74. The summed E-state index contributed by atoms with van der Waals surface area (Å²) in [6.07, 6.45) is 0.746. The van der Waals surface area contributed by atoms with Crippen LogP contribution in [0.2, 0.25) is 0 Å². The Hall–Kier alpha value is -1.13. The lowest BCUT2D eigenvalue weighted by Gasteiger charge is -2.35. The van der Waals surface area contributed by atoms with Gasteiger partial charge in [0.25, 0.3) is 0 Å². The van der Waals surface area contributed by atoms with Gasteiger partial charge in [-0.05, 0) is 42.5 Å². The molecule has 0 spiro atoms. The van der Waals surface area contributed by atoms with E-state index in [-0.39, 0.29) is 12.4 Å². The number of rotatable bonds is 5. The van der Waals surface area contributed by atoms with Gasteiger partial charge in [0.05, 0.1) is 0 Å². The highest BCUT2D eigenvalue weighted by molar-refractivity contribution is 5.22. The molecule has 3 atom stereocenters. The van der Waals surface area contributed by atoms with Crippen LogP contribution in [0.1, 0.15) is 20.3 Å². The maximum Gasteiger partial charge on any atom is 0.123 e. The van der Waals surface area contributed by atoms with E-state index >= 15 is 0 Å². The Labute approximate surface area is 120 Å². The van der Waals surface area contributed by atoms with Gasteiger partial charge in [0.2, 0.25) is 0 Å². The van der Waals surface area contributed by atoms with Crippen LogP contribution in [-0.2, 0) is 0 Å². The minimum Gasteiger partial charge on any atom is -0.491 e. The highest BCUT2D eigenvalue weighted by atomic mass is 19.1. The molecule has 3 nitrogen and oxygen atoms in total. The zero-order chi connectivity index (χ0) is 14.5. The maximum absolute atomic E-state index is 12.8. The molecule has 0 aliphatic carbocycles. The van der Waals surface area contributed by atoms with E-state index in [4.69, 9.17) is 4.74 Å². The van der Waals surface area contributed by atoms with Crippen molar-refractivity contribution in [1.29, 1.82) is 0 Å². The number of benzene rings is 1. The van der Waals surface area contributed by atoms with E-state index in [1.807, 2.05) is 0 Å². The molecule has 1 aromatic rings. The van der Waals surface area contributed by atoms with Gasteiger partial charge < -0.3 is 14.7 Å². The summed E-state index contributed by atoms with van der Waals surface area (Å²) in [5.74, 6) is 1.67. The Bertz CT molecular complexity index is 399. The second-order valence-electron chi connectivity index (χ2n) is 6.08. The summed E-state index contributed by atoms with van der Waals surface area (Å²) in [4.78, 5) is 2.30. The molecular weight excluding hydrogens is 257 g/mol. The average Bonchev–Trinajstić information content (AvgIpc) is 2.37. The lowest BCUT2D eigenvalue weighted by Crippen LogP contribution is -2.43. The number of hydrogen-bond donors (Lipinski definition) is 1. The van der Waals surface area contributed by atoms with Gasteiger partial charge in [-0.3, -0.25) is 0 Å². The van der Waals surface area contributed by atoms with E-state index in [1.165, 1.54) is 18.6 Å². The monoisotopic (exact) mass is 281 g/mol. The molecule has 20 heavy (non-hydrogen) atoms. The molecule has 1 heterocycles. The quantitative estimate of drug-likeness (QED) is 0.900. The number of β-amino-alcohol motifs (C(OH)–C–C–N with tert-alkyl or cyclic N) is 1. The molecule has 1 aliphatic heterocycles. The normalized spacial score (nSPS) is 25.4. The van der Waals surface area contributed by atoms with Gasteiger partial charge in [-0.15, -0.1) is 0 Å². The summed E-state index contributed by atoms with van der Waals surface area (Å²) < 4.78 is 18.2. The van der Waals surface area contributed by atoms with Gasteiger partial charge in [-0.2, -0.15) is 0 Å². The first-order chi connectivity index (χ1) is 9.52. The highest BCUT2D eigenvalue weighted by Gasteiger charge is 2.23. The van der Waals surface area contributed by atoms with Crippen LogP contribution in [-0.4, -0.2) is 42.4 Å². The van der Waals surface area contributed by atoms with Crippen LogP contribution in [0, 0.1) is 17.7 Å². The molecule has 1 aliphatic rings. The van der Waals surface area contributed by atoms with Crippen LogP contribution < -0.4 is 4.74 Å². The van der Waals surface area contributed by atoms with Crippen LogP contribution in [0.15, 0.2) is 24.3 Å². The van der Waals surface area contributed by atoms with Gasteiger partial charge in [-0.1, -0.05) is 13.8 Å². The third-order valence-electron chi connectivity index (χ3n) is 3.67. The summed E-state index contributed by atoms with van der Waals surface area (Å²) in [6.45, 7) is 7.46. The number of nitrogens with zero attached hydrogens (tertiary/aromatic N) is 1. The summed E-state index contributed by atoms with van der Waals surface area (Å²) >= 11 is 0. The number of aliphatic hydroxyl groups excluding tert-OH is 1. The Kier molecular flexibility index (Phi) is 5.38. The van der Waals surface area contributed by atoms with Crippen molar-refractivity contribution in [2.45, 2.75) is 26.4 Å². The minimum atomic E-state index is -0.516. The highest BCUT2D eigenvalue weighted by Crippen LogP contribution is 2.21. The van der Waals surface area contributed by atoms with Crippen molar-refractivity contribution in [2.24, 2.45) is 11.8 Å². The molecular formula is C16H24FNO2. The van der Waals surface area contributed by atoms with Crippen molar-refractivity contribution >= 4 is 0 Å². The molecule has 1 aromatic carbocycles. The molecule has 0 amide bonds. The SMILES string of the molecule is C[C@@H]1C[C@H](C)CN(C[C@H](O)COc2ccc(F)cc2)C1. The fourth-order valence-corrected chi connectivity index (χ4v) is 3.02. The van der Waals surface area contributed by atoms with Crippen LogP contribution >= 0.6 is 0 Å². The zero-order valence-electron chi connectivity index (χ0n) is 12.3. The lowest BCUT2D eigenvalue weighted by atomic mass is 9.92. The van der Waals surface area contributed by atoms with Crippen LogP contribution in [0.3, 0.4) is 0 Å². The van der Waals surface area contributed by atoms with E-state index in [0.29, 0.717) is 24.1 Å². The fourth-order valence-electron chi connectivity index (χ4n) is 3.02. The second-order valence-corrected chi connectivity index (χ2v) is 6.08. The zero-order valence-corrected chi connectivity index (χ0v) is 12.3. The number of aliphatic hydroxyl groups is 1. The number of piperidine rings is 1. The van der Waals surface area contributed by atoms with Crippen molar-refractivity contribution in [3.05, 3.63) is 30.1 Å². The molecule has 0 radical (unpaired) electrons. The largest absolute Gasteiger partial charge is 0.491 e. The summed E-state index contributed by atoms with van der Waals surface area (Å²) in [5, 5.41) is 10.0. The molecule has 112 valence electrons. The molecule has 0 aromatic heterocycles. The predicted molar refractivity (Wildman–Crippen MR) is 77.3 cm³/mol. The molecule has 0 saturated carbocycles. The van der Waals surface area contributed by atoms with Crippen molar-refractivity contribution in [3.8, 4) is 5.75 Å². The standard InChI is InChI=1S/C16H24FNO2/c1-12-7-13(2)9-18(8-12)10-15(19)11-20-16-5-3-14(17)4-6-16/h3-6,12-13,15,19H,7-11H2,1-2H3/t12-,13+,15-/m0/s1. The summed E-state index contributed by atoms with van der Waals surface area (Å²) in [7, 11) is 0. The Morgan fingerprint density at radius 2 is 1.85 bits per heavy atom. The fraction of sp³-hybridized carbons (Fsp3) is 0.625. The van der Waals surface area contributed by atoms with Crippen molar-refractivity contribution < 1.29 is 14.2 Å². The molecule has 2 rings (SSSR count). The number of likely N-dealkylation sites (tertiary alicyclic amines) is 1. The lowest BCUT2D eigenvalue weighted by molar-refractivity contribution is 0.0429. The number of ether oxygens (including phenoxy) is 1. The Morgan fingerprint density at radius 1 is 1.25 bits per heavy atom. The van der Waals surface area contributed by atoms with Crippen LogP contribution in [0.4, 0.5) is 4.39 Å². The average molecular weight is 281 g/mol. The van der Waals surface area contributed by atoms with Gasteiger partial charge in [0.15, 0.2) is 0 Å². The van der Waals surface area contributed by atoms with E-state index in [2.05, 4.69) is 18.7 Å². The second kappa shape index (κ2) is 7.04. The first-order valence-electron chi connectivity index (χ1n) is 7.31. The third-order valence-corrected chi connectivity index (χ3v) is 3.67. The van der Waals surface area contributed by atoms with Gasteiger partial charge >= 0.3 is 0 Å². The molecule has 1 fully saturated rings. The third kappa shape index (κ3) is 4.76. The van der Waals surface area contributed by atoms with Gasteiger partial charge in [0, 0.05) is 19.6 Å². The molecule has 1 saturated heterocycles. The van der Waals surface area contributed by atoms with Crippen molar-refractivity contribution in [2.75, 3.05) is 26.2 Å². The van der Waals surface area contributed by atoms with Gasteiger partial charge in [0.1, 0.15) is 24.3 Å². The summed E-state index contributed by atoms with van der Waals surface area (Å²) in [6, 6.07) is 5.87. The van der Waals surface area contributed by atoms with Crippen LogP contribution in [0.5, 0.6) is 5.75 Å². The molecule has 1 N–H and O–H groups in total. The minimum absolute atomic E-state index is 0.241. The molecule has 4 heteroatoms. The topological polar surface area (TPSA) is 32.7 Å². The maximum atomic E-state index is 12.8. The smallest absolute Gasteiger partial charge is 0.123 e. The van der Waals surface area contributed by atoms with E-state index < -0.39 is 6.10 Å². The van der Waals surface area contributed by atoms with E-state index in [1.54, 1.807) is 12.1 Å². The number of halogens is 1. The van der Waals surface area contributed by atoms with E-state index in [0.717, 1.165) is 13.1 Å². The Morgan fingerprint density at radius 3 is 2.45 bits per heavy atom. The van der Waals surface area contributed by atoms with E-state index in [9.17, 15) is 9.50 Å². The number of hydrogen-bond acceptors (Lipinski definition) is 3. The first-order valence-corrected chi connectivity index (χ1v) is 7.31. The van der Waals surface area contributed by atoms with Gasteiger partial charge in [-0.25, -0.2) is 4.39 Å². The predicted octanol–water partition coefficient (Wildman–Crippen LogP) is 2.54. The van der Waals surface area contributed by atoms with Crippen molar-refractivity contribution in [1.82, 2.24) is 4.90 Å². The first kappa shape index (κ1) is 15.3. The van der Waals surface area contributed by atoms with Crippen molar-refractivity contribution in [3.63, 3.8) is 0 Å².